The van der Waals surface area contributed by atoms with E-state index in [0.29, 0.717) is 11.1 Å². The highest BCUT2D eigenvalue weighted by molar-refractivity contribution is 5.96. The minimum Gasteiger partial charge on any atom is -0.452 e. The van der Waals surface area contributed by atoms with E-state index in [9.17, 15) is 14.4 Å². The summed E-state index contributed by atoms with van der Waals surface area (Å²) in [5.41, 5.74) is 7.20. The van der Waals surface area contributed by atoms with E-state index < -0.39 is 24.4 Å². The molecule has 3 aromatic carbocycles. The van der Waals surface area contributed by atoms with Gasteiger partial charge in [-0.2, -0.15) is 0 Å². The van der Waals surface area contributed by atoms with E-state index in [2.05, 4.69) is 10.9 Å². The number of ether oxygens (including phenoxy) is 1. The summed E-state index contributed by atoms with van der Waals surface area (Å²) >= 11 is 0. The first-order chi connectivity index (χ1) is 13.6. The lowest BCUT2D eigenvalue weighted by Gasteiger charge is -2.08. The molecule has 0 spiro atoms. The third-order valence-electron chi connectivity index (χ3n) is 3.91. The SMILES string of the molecule is O=C(COC(=O)c1ccc(-c2ccccc2)cc1)NNC(=O)c1ccccc1. The minimum absolute atomic E-state index is 0.334. The van der Waals surface area contributed by atoms with Crippen molar-refractivity contribution in [1.29, 1.82) is 0 Å². The van der Waals surface area contributed by atoms with Crippen LogP contribution in [0, 0.1) is 0 Å². The highest BCUT2D eigenvalue weighted by atomic mass is 16.5. The second-order valence-corrected chi connectivity index (χ2v) is 5.89. The molecular formula is C22H18N2O4. The molecule has 6 heteroatoms. The maximum absolute atomic E-state index is 12.1. The van der Waals surface area contributed by atoms with Crippen molar-refractivity contribution in [2.45, 2.75) is 0 Å². The summed E-state index contributed by atoms with van der Waals surface area (Å²) in [4.78, 5) is 35.6. The maximum atomic E-state index is 12.1. The van der Waals surface area contributed by atoms with Crippen molar-refractivity contribution in [3.63, 3.8) is 0 Å². The van der Waals surface area contributed by atoms with Gasteiger partial charge in [0, 0.05) is 5.56 Å². The third-order valence-corrected chi connectivity index (χ3v) is 3.91. The minimum atomic E-state index is -0.640. The Kier molecular flexibility index (Phi) is 6.15. The van der Waals surface area contributed by atoms with Crippen LogP contribution in [-0.4, -0.2) is 24.4 Å². The van der Waals surface area contributed by atoms with Crippen LogP contribution in [0.3, 0.4) is 0 Å². The molecule has 2 N–H and O–H groups in total. The second-order valence-electron chi connectivity index (χ2n) is 5.89. The standard InChI is InChI=1S/C22H18N2O4/c25-20(23-24-21(26)18-9-5-2-6-10-18)15-28-22(27)19-13-11-17(12-14-19)16-7-3-1-4-8-16/h1-14H,15H2,(H,23,25)(H,24,26). The number of hydrogen-bond donors (Lipinski definition) is 2. The van der Waals surface area contributed by atoms with Crippen molar-refractivity contribution in [2.75, 3.05) is 6.61 Å². The summed E-state index contributed by atoms with van der Waals surface area (Å²) in [6.07, 6.45) is 0. The smallest absolute Gasteiger partial charge is 0.338 e. The maximum Gasteiger partial charge on any atom is 0.338 e. The predicted molar refractivity (Wildman–Crippen MR) is 104 cm³/mol. The molecule has 0 heterocycles. The van der Waals surface area contributed by atoms with Crippen LogP contribution in [0.5, 0.6) is 0 Å². The summed E-state index contributed by atoms with van der Waals surface area (Å²) < 4.78 is 4.97. The topological polar surface area (TPSA) is 84.5 Å². The lowest BCUT2D eigenvalue weighted by atomic mass is 10.0. The average Bonchev–Trinajstić information content (AvgIpc) is 2.77. The first-order valence-electron chi connectivity index (χ1n) is 8.60. The molecule has 0 radical (unpaired) electrons. The fourth-order valence-electron chi connectivity index (χ4n) is 2.47. The Hall–Kier alpha value is -3.93. The number of hydrazine groups is 1. The predicted octanol–water partition coefficient (Wildman–Crippen LogP) is 2.97. The van der Waals surface area contributed by atoms with Crippen LogP contribution in [-0.2, 0) is 9.53 Å². The largest absolute Gasteiger partial charge is 0.452 e. The molecule has 28 heavy (non-hydrogen) atoms. The van der Waals surface area contributed by atoms with Crippen LogP contribution in [0.4, 0.5) is 0 Å². The molecule has 2 amide bonds. The van der Waals surface area contributed by atoms with E-state index in [-0.39, 0.29) is 0 Å². The normalized spacial score (nSPS) is 10.0. The van der Waals surface area contributed by atoms with Gasteiger partial charge in [-0.3, -0.25) is 20.4 Å². The van der Waals surface area contributed by atoms with Crippen molar-refractivity contribution < 1.29 is 19.1 Å². The molecule has 0 aliphatic rings. The lowest BCUT2D eigenvalue weighted by molar-refractivity contribution is -0.125. The Morgan fingerprint density at radius 2 is 1.21 bits per heavy atom. The van der Waals surface area contributed by atoms with E-state index in [0.717, 1.165) is 11.1 Å². The summed E-state index contributed by atoms with van der Waals surface area (Å²) in [7, 11) is 0. The van der Waals surface area contributed by atoms with E-state index in [1.807, 2.05) is 42.5 Å². The number of amides is 2. The van der Waals surface area contributed by atoms with Gasteiger partial charge in [0.1, 0.15) is 0 Å². The zero-order chi connectivity index (χ0) is 19.8. The molecule has 0 bridgehead atoms. The van der Waals surface area contributed by atoms with E-state index in [4.69, 9.17) is 4.74 Å². The van der Waals surface area contributed by atoms with Gasteiger partial charge in [0.2, 0.25) is 0 Å². The summed E-state index contributed by atoms with van der Waals surface area (Å²) in [5, 5.41) is 0. The second kappa shape index (κ2) is 9.14. The Morgan fingerprint density at radius 3 is 1.86 bits per heavy atom. The molecule has 0 unspecified atom stereocenters. The Labute approximate surface area is 162 Å². The first kappa shape index (κ1) is 18.8. The summed E-state index contributed by atoms with van der Waals surface area (Å²) in [6.45, 7) is -0.506. The van der Waals surface area contributed by atoms with Gasteiger partial charge in [0.05, 0.1) is 5.56 Å². The zero-order valence-corrected chi connectivity index (χ0v) is 14.9. The van der Waals surface area contributed by atoms with Gasteiger partial charge in [0.25, 0.3) is 11.8 Å². The van der Waals surface area contributed by atoms with Gasteiger partial charge in [-0.25, -0.2) is 4.79 Å². The van der Waals surface area contributed by atoms with Crippen molar-refractivity contribution in [2.24, 2.45) is 0 Å². The van der Waals surface area contributed by atoms with Crippen molar-refractivity contribution in [3.8, 4) is 11.1 Å². The number of hydrogen-bond acceptors (Lipinski definition) is 4. The molecule has 0 fully saturated rings. The monoisotopic (exact) mass is 374 g/mol. The number of esters is 1. The van der Waals surface area contributed by atoms with Crippen LogP contribution in [0.1, 0.15) is 20.7 Å². The molecule has 6 nitrogen and oxygen atoms in total. The van der Waals surface area contributed by atoms with Gasteiger partial charge in [0.15, 0.2) is 6.61 Å². The molecule has 0 saturated heterocycles. The molecule has 0 aliphatic carbocycles. The van der Waals surface area contributed by atoms with E-state index in [1.165, 1.54) is 0 Å². The van der Waals surface area contributed by atoms with Crippen molar-refractivity contribution in [1.82, 2.24) is 10.9 Å². The Bertz CT molecular complexity index is 955. The molecule has 140 valence electrons. The van der Waals surface area contributed by atoms with Crippen LogP contribution in [0.25, 0.3) is 11.1 Å². The van der Waals surface area contributed by atoms with Gasteiger partial charge in [-0.15, -0.1) is 0 Å². The van der Waals surface area contributed by atoms with E-state index in [1.54, 1.807) is 42.5 Å². The number of carbonyl (C=O) groups excluding carboxylic acids is 3. The third kappa shape index (κ3) is 5.04. The zero-order valence-electron chi connectivity index (χ0n) is 14.9. The van der Waals surface area contributed by atoms with Crippen LogP contribution < -0.4 is 10.9 Å². The molecule has 0 aliphatic heterocycles. The molecule has 0 aromatic heterocycles. The highest BCUT2D eigenvalue weighted by Gasteiger charge is 2.11. The van der Waals surface area contributed by atoms with Gasteiger partial charge in [-0.1, -0.05) is 60.7 Å². The lowest BCUT2D eigenvalue weighted by Crippen LogP contribution is -2.43. The Morgan fingerprint density at radius 1 is 0.643 bits per heavy atom. The molecule has 0 atom stereocenters. The van der Waals surface area contributed by atoms with Gasteiger partial charge >= 0.3 is 5.97 Å². The fraction of sp³-hybridized carbons (Fsp3) is 0.0455. The quantitative estimate of drug-likeness (QED) is 0.531. The molecule has 3 rings (SSSR count). The van der Waals surface area contributed by atoms with Gasteiger partial charge < -0.3 is 4.74 Å². The number of rotatable bonds is 5. The number of carbonyl (C=O) groups is 3. The summed E-state index contributed by atoms with van der Waals surface area (Å²) in [5.74, 6) is -1.72. The Balaban J connectivity index is 1.47. The van der Waals surface area contributed by atoms with Crippen LogP contribution >= 0.6 is 0 Å². The highest BCUT2D eigenvalue weighted by Crippen LogP contribution is 2.19. The van der Waals surface area contributed by atoms with Crippen LogP contribution in [0.2, 0.25) is 0 Å². The van der Waals surface area contributed by atoms with Crippen LogP contribution in [0.15, 0.2) is 84.9 Å². The number of benzene rings is 3. The van der Waals surface area contributed by atoms with Crippen molar-refractivity contribution in [3.05, 3.63) is 96.1 Å². The molecule has 3 aromatic rings. The molecular weight excluding hydrogens is 356 g/mol. The first-order valence-corrected chi connectivity index (χ1v) is 8.60. The average molecular weight is 374 g/mol. The van der Waals surface area contributed by atoms with Crippen molar-refractivity contribution >= 4 is 17.8 Å². The fourth-order valence-corrected chi connectivity index (χ4v) is 2.47. The van der Waals surface area contributed by atoms with E-state index >= 15 is 0 Å². The number of nitrogens with one attached hydrogen (secondary N) is 2. The van der Waals surface area contributed by atoms with Gasteiger partial charge in [-0.05, 0) is 35.4 Å². The summed E-state index contributed by atoms with van der Waals surface area (Å²) in [6, 6.07) is 25.1. The molecule has 0 saturated carbocycles.